The first kappa shape index (κ1) is 23.9. The highest BCUT2D eigenvalue weighted by atomic mass is 32.2. The lowest BCUT2D eigenvalue weighted by molar-refractivity contribution is 0.600. The maximum atomic E-state index is 14.8. The van der Waals surface area contributed by atoms with Crippen molar-refractivity contribution in [1.29, 1.82) is 0 Å². The Hall–Kier alpha value is -4.51. The van der Waals surface area contributed by atoms with Crippen LogP contribution in [0.4, 0.5) is 8.78 Å². The molecule has 0 aliphatic carbocycles. The van der Waals surface area contributed by atoms with Gasteiger partial charge in [-0.1, -0.05) is 12.1 Å². The van der Waals surface area contributed by atoms with Gasteiger partial charge in [-0.3, -0.25) is 10.1 Å². The molecule has 2 aromatic carbocycles. The smallest absolute Gasteiger partial charge is 0.178 e. The van der Waals surface area contributed by atoms with Crippen molar-refractivity contribution < 1.29 is 17.2 Å². The van der Waals surface area contributed by atoms with Crippen molar-refractivity contribution in [2.75, 3.05) is 12.0 Å². The summed E-state index contributed by atoms with van der Waals surface area (Å²) >= 11 is 0. The van der Waals surface area contributed by atoms with Gasteiger partial charge in [0.15, 0.2) is 11.5 Å². The van der Waals surface area contributed by atoms with E-state index in [1.165, 1.54) is 18.2 Å². The zero-order valence-corrected chi connectivity index (χ0v) is 20.9. The molecule has 11 heteroatoms. The Bertz CT molecular complexity index is 1930. The summed E-state index contributed by atoms with van der Waals surface area (Å²) in [5.74, 6) is -0.557. The van der Waals surface area contributed by atoms with Crippen molar-refractivity contribution in [3.8, 4) is 33.8 Å². The molecule has 0 atom stereocenters. The standard InChI is InChI=1S/C27H20F2N6O2S/c1-38(36,37)8-5-15-9-17(11-18(28)10-15)19-4-7-31-26-24(19)32-27(33-26)25-21-12-20(16-3-2-6-30-14-16)22(29)13-23(21)34-35-25/h2-4,6-7,9-14H,5,8H2,1H3,(H,34,35)(H,31,32,33). The second kappa shape index (κ2) is 9.10. The van der Waals surface area contributed by atoms with Gasteiger partial charge in [0.2, 0.25) is 0 Å². The molecule has 0 aliphatic heterocycles. The minimum Gasteiger partial charge on any atom is -0.335 e. The second-order valence-electron chi connectivity index (χ2n) is 9.06. The number of imidazole rings is 1. The molecule has 0 aliphatic rings. The number of hydrogen-bond acceptors (Lipinski definition) is 6. The van der Waals surface area contributed by atoms with Crippen LogP contribution in [0.2, 0.25) is 0 Å². The third-order valence-corrected chi connectivity index (χ3v) is 7.22. The van der Waals surface area contributed by atoms with Crippen molar-refractivity contribution in [2.24, 2.45) is 0 Å². The largest absolute Gasteiger partial charge is 0.335 e. The molecule has 0 saturated heterocycles. The van der Waals surface area contributed by atoms with E-state index >= 15 is 0 Å². The maximum Gasteiger partial charge on any atom is 0.178 e. The third-order valence-electron chi connectivity index (χ3n) is 6.27. The van der Waals surface area contributed by atoms with Gasteiger partial charge in [0.05, 0.1) is 16.8 Å². The van der Waals surface area contributed by atoms with Gasteiger partial charge in [0.25, 0.3) is 0 Å². The monoisotopic (exact) mass is 530 g/mol. The Morgan fingerprint density at radius 1 is 0.974 bits per heavy atom. The highest BCUT2D eigenvalue weighted by Crippen LogP contribution is 2.34. The van der Waals surface area contributed by atoms with Crippen LogP contribution in [0.5, 0.6) is 0 Å². The number of pyridine rings is 2. The number of aryl methyl sites for hydroxylation is 1. The summed E-state index contributed by atoms with van der Waals surface area (Å²) in [5, 5.41) is 7.87. The van der Waals surface area contributed by atoms with E-state index in [1.54, 1.807) is 48.9 Å². The Labute approximate surface area is 215 Å². The average Bonchev–Trinajstić information content (AvgIpc) is 3.50. The van der Waals surface area contributed by atoms with Crippen LogP contribution in [0.25, 0.3) is 55.8 Å². The highest BCUT2D eigenvalue weighted by Gasteiger charge is 2.18. The minimum absolute atomic E-state index is 0.0796. The van der Waals surface area contributed by atoms with Gasteiger partial charge in [-0.25, -0.2) is 27.2 Å². The van der Waals surface area contributed by atoms with Crippen LogP contribution in [0.3, 0.4) is 0 Å². The predicted octanol–water partition coefficient (Wildman–Crippen LogP) is 5.10. The molecule has 8 nitrogen and oxygen atoms in total. The first-order chi connectivity index (χ1) is 18.2. The Morgan fingerprint density at radius 2 is 1.84 bits per heavy atom. The quantitative estimate of drug-likeness (QED) is 0.310. The number of benzene rings is 2. The molecule has 0 fully saturated rings. The summed E-state index contributed by atoms with van der Waals surface area (Å²) in [5.41, 5.74) is 4.72. The summed E-state index contributed by atoms with van der Waals surface area (Å²) in [6.45, 7) is 0. The molecular weight excluding hydrogens is 510 g/mol. The number of rotatable bonds is 6. The van der Waals surface area contributed by atoms with E-state index in [0.29, 0.717) is 61.4 Å². The van der Waals surface area contributed by atoms with E-state index in [9.17, 15) is 17.2 Å². The first-order valence-corrected chi connectivity index (χ1v) is 13.7. The fourth-order valence-corrected chi connectivity index (χ4v) is 5.09. The van der Waals surface area contributed by atoms with Gasteiger partial charge in [-0.15, -0.1) is 0 Å². The number of sulfone groups is 1. The maximum absolute atomic E-state index is 14.8. The summed E-state index contributed by atoms with van der Waals surface area (Å²) in [4.78, 5) is 16.3. The van der Waals surface area contributed by atoms with E-state index in [2.05, 4.69) is 30.1 Å². The van der Waals surface area contributed by atoms with Gasteiger partial charge in [-0.2, -0.15) is 5.10 Å². The molecule has 0 amide bonds. The van der Waals surface area contributed by atoms with Crippen LogP contribution >= 0.6 is 0 Å². The zero-order valence-electron chi connectivity index (χ0n) is 20.0. The van der Waals surface area contributed by atoms with E-state index in [0.717, 1.165) is 6.26 Å². The van der Waals surface area contributed by atoms with Gasteiger partial charge in [0, 0.05) is 53.0 Å². The molecule has 2 N–H and O–H groups in total. The van der Waals surface area contributed by atoms with Crippen molar-refractivity contribution in [1.82, 2.24) is 30.1 Å². The van der Waals surface area contributed by atoms with Crippen LogP contribution in [0.15, 0.2) is 67.1 Å². The van der Waals surface area contributed by atoms with E-state index in [4.69, 9.17) is 0 Å². The predicted molar refractivity (Wildman–Crippen MR) is 141 cm³/mol. The molecule has 0 bridgehead atoms. The SMILES string of the molecule is CS(=O)(=O)CCc1cc(F)cc(-c2ccnc3nc(-c4n[nH]c5cc(F)c(-c6cccnc6)cc45)[nH]c23)c1. The van der Waals surface area contributed by atoms with Crippen molar-refractivity contribution >= 4 is 31.9 Å². The second-order valence-corrected chi connectivity index (χ2v) is 11.3. The van der Waals surface area contributed by atoms with Gasteiger partial charge >= 0.3 is 0 Å². The molecule has 38 heavy (non-hydrogen) atoms. The molecule has 0 spiro atoms. The number of nitrogens with one attached hydrogen (secondary N) is 2. The number of hydrogen-bond donors (Lipinski definition) is 2. The van der Waals surface area contributed by atoms with Gasteiger partial charge in [0.1, 0.15) is 27.2 Å². The topological polar surface area (TPSA) is 117 Å². The lowest BCUT2D eigenvalue weighted by Crippen LogP contribution is -2.06. The number of nitrogens with zero attached hydrogens (tertiary/aromatic N) is 4. The van der Waals surface area contributed by atoms with Gasteiger partial charge < -0.3 is 4.98 Å². The molecular formula is C27H20F2N6O2S. The Balaban J connectivity index is 1.45. The zero-order chi connectivity index (χ0) is 26.4. The normalized spacial score (nSPS) is 12.0. The molecule has 6 aromatic rings. The van der Waals surface area contributed by atoms with E-state index < -0.39 is 21.5 Å². The average molecular weight is 531 g/mol. The van der Waals surface area contributed by atoms with Crippen LogP contribution in [0, 0.1) is 11.6 Å². The van der Waals surface area contributed by atoms with Crippen molar-refractivity contribution in [3.63, 3.8) is 0 Å². The molecule has 190 valence electrons. The van der Waals surface area contributed by atoms with Crippen LogP contribution in [-0.4, -0.2) is 50.6 Å². The Kier molecular flexibility index (Phi) is 5.72. The number of fused-ring (bicyclic) bond motifs is 2. The lowest BCUT2D eigenvalue weighted by atomic mass is 10.0. The summed E-state index contributed by atoms with van der Waals surface area (Å²) < 4.78 is 52.5. The summed E-state index contributed by atoms with van der Waals surface area (Å²) in [6, 6.07) is 12.8. The lowest BCUT2D eigenvalue weighted by Gasteiger charge is -2.07. The molecule has 0 saturated carbocycles. The molecule has 4 heterocycles. The first-order valence-electron chi connectivity index (χ1n) is 11.7. The molecule has 0 radical (unpaired) electrons. The van der Waals surface area contributed by atoms with E-state index in [-0.39, 0.29) is 12.2 Å². The minimum atomic E-state index is -3.20. The summed E-state index contributed by atoms with van der Waals surface area (Å²) in [6.07, 6.45) is 6.13. The van der Waals surface area contributed by atoms with E-state index in [1.807, 2.05) is 0 Å². The van der Waals surface area contributed by atoms with Crippen LogP contribution in [0.1, 0.15) is 5.56 Å². The molecule has 6 rings (SSSR count). The van der Waals surface area contributed by atoms with Gasteiger partial charge in [-0.05, 0) is 47.9 Å². The van der Waals surface area contributed by atoms with Crippen molar-refractivity contribution in [2.45, 2.75) is 6.42 Å². The van der Waals surface area contributed by atoms with Crippen molar-refractivity contribution in [3.05, 3.63) is 84.3 Å². The Morgan fingerprint density at radius 3 is 2.63 bits per heavy atom. The number of halogens is 2. The van der Waals surface area contributed by atoms with Crippen LogP contribution < -0.4 is 0 Å². The summed E-state index contributed by atoms with van der Waals surface area (Å²) in [7, 11) is -3.20. The number of H-pyrrole nitrogens is 2. The number of aromatic nitrogens is 6. The third kappa shape index (κ3) is 4.52. The fraction of sp³-hybridized carbons (Fsp3) is 0.111. The fourth-order valence-electron chi connectivity index (χ4n) is 4.48. The number of aromatic amines is 2. The molecule has 4 aromatic heterocycles. The molecule has 0 unspecified atom stereocenters. The highest BCUT2D eigenvalue weighted by molar-refractivity contribution is 7.90. The van der Waals surface area contributed by atoms with Crippen LogP contribution in [-0.2, 0) is 16.3 Å².